The number of hydrogen-bond donors (Lipinski definition) is 1. The summed E-state index contributed by atoms with van der Waals surface area (Å²) >= 11 is 0. The van der Waals surface area contributed by atoms with Gasteiger partial charge >= 0.3 is 0 Å². The lowest BCUT2D eigenvalue weighted by molar-refractivity contribution is -0.114. The second-order valence-corrected chi connectivity index (χ2v) is 8.32. The molecule has 4 rings (SSSR count). The Balaban J connectivity index is 1.76. The summed E-state index contributed by atoms with van der Waals surface area (Å²) in [5, 5.41) is 3.37. The average Bonchev–Trinajstić information content (AvgIpc) is 3.02. The van der Waals surface area contributed by atoms with Crippen molar-refractivity contribution < 1.29 is 9.53 Å². The Morgan fingerprint density at radius 1 is 0.806 bits per heavy atom. The summed E-state index contributed by atoms with van der Waals surface area (Å²) in [5.41, 5.74) is 8.02. The zero-order valence-electron chi connectivity index (χ0n) is 18.7. The Kier molecular flexibility index (Phi) is 5.55. The maximum absolute atomic E-state index is 13.6. The number of nitrogens with zero attached hydrogens (tertiary/aromatic N) is 1. The van der Waals surface area contributed by atoms with Gasteiger partial charge in [0.05, 0.1) is 13.2 Å². The van der Waals surface area contributed by atoms with Crippen LogP contribution in [0.1, 0.15) is 33.9 Å². The van der Waals surface area contributed by atoms with E-state index in [1.807, 2.05) is 35.2 Å². The number of methoxy groups -OCH3 is 1. The van der Waals surface area contributed by atoms with Crippen LogP contribution in [0.25, 0.3) is 0 Å². The number of hydrogen-bond acceptors (Lipinski definition) is 3. The first-order valence-corrected chi connectivity index (χ1v) is 10.5. The molecule has 0 saturated heterocycles. The highest BCUT2D eigenvalue weighted by Crippen LogP contribution is 2.37. The van der Waals surface area contributed by atoms with Crippen LogP contribution < -0.4 is 15.0 Å². The van der Waals surface area contributed by atoms with Gasteiger partial charge in [-0.25, -0.2) is 0 Å². The van der Waals surface area contributed by atoms with Crippen LogP contribution in [0.5, 0.6) is 5.75 Å². The molecule has 1 N–H and O–H groups in total. The van der Waals surface area contributed by atoms with E-state index < -0.39 is 0 Å². The third-order valence-electron chi connectivity index (χ3n) is 5.49. The van der Waals surface area contributed by atoms with E-state index in [-0.39, 0.29) is 11.9 Å². The van der Waals surface area contributed by atoms with Gasteiger partial charge < -0.3 is 10.1 Å². The van der Waals surface area contributed by atoms with Gasteiger partial charge in [-0.1, -0.05) is 24.3 Å². The summed E-state index contributed by atoms with van der Waals surface area (Å²) in [6.07, 6.45) is 2.01. The second-order valence-electron chi connectivity index (χ2n) is 8.32. The standard InChI is InChI=1S/C27H28N2O2/c1-17-10-18(2)13-22(12-17)28-25-16-26(21-6-8-24(31-5)9-7-21)29(27(25)30)23-14-19(3)11-20(4)15-23/h6-16,26,28H,1-5H3/t26-/m1/s1. The Labute approximate surface area is 184 Å². The molecule has 1 aliphatic rings. The number of amides is 1. The van der Waals surface area contributed by atoms with Gasteiger partial charge in [-0.05, 0) is 98.0 Å². The summed E-state index contributed by atoms with van der Waals surface area (Å²) in [4.78, 5) is 15.4. The maximum Gasteiger partial charge on any atom is 0.275 e. The van der Waals surface area contributed by atoms with Gasteiger partial charge in [-0.2, -0.15) is 0 Å². The number of carbonyl (C=O) groups excluding carboxylic acids is 1. The molecule has 3 aromatic carbocycles. The van der Waals surface area contributed by atoms with E-state index >= 15 is 0 Å². The summed E-state index contributed by atoms with van der Waals surface area (Å²) in [7, 11) is 1.65. The molecule has 3 aromatic rings. The van der Waals surface area contributed by atoms with Gasteiger partial charge in [-0.15, -0.1) is 0 Å². The molecule has 0 aliphatic carbocycles. The molecule has 31 heavy (non-hydrogen) atoms. The van der Waals surface area contributed by atoms with Gasteiger partial charge in [0.1, 0.15) is 11.4 Å². The predicted molar refractivity (Wildman–Crippen MR) is 127 cm³/mol. The summed E-state index contributed by atoms with van der Waals surface area (Å²) in [6.45, 7) is 8.24. The van der Waals surface area contributed by atoms with Crippen molar-refractivity contribution in [2.75, 3.05) is 17.3 Å². The third kappa shape index (κ3) is 4.33. The predicted octanol–water partition coefficient (Wildman–Crippen LogP) is 6.01. The normalized spacial score (nSPS) is 15.8. The maximum atomic E-state index is 13.6. The zero-order valence-corrected chi connectivity index (χ0v) is 18.7. The number of nitrogens with one attached hydrogen (secondary N) is 1. The molecule has 1 amide bonds. The number of ether oxygens (including phenoxy) is 1. The van der Waals surface area contributed by atoms with Crippen molar-refractivity contribution in [2.45, 2.75) is 33.7 Å². The topological polar surface area (TPSA) is 41.6 Å². The molecule has 4 nitrogen and oxygen atoms in total. The van der Waals surface area contributed by atoms with Crippen LogP contribution in [0.3, 0.4) is 0 Å². The summed E-state index contributed by atoms with van der Waals surface area (Å²) in [6, 6.07) is 20.2. The Morgan fingerprint density at radius 2 is 1.35 bits per heavy atom. The minimum atomic E-state index is -0.201. The highest BCUT2D eigenvalue weighted by atomic mass is 16.5. The molecular formula is C27H28N2O2. The molecule has 1 heterocycles. The van der Waals surface area contributed by atoms with E-state index in [2.05, 4.69) is 69.4 Å². The van der Waals surface area contributed by atoms with Crippen LogP contribution in [0.15, 0.2) is 72.4 Å². The second kappa shape index (κ2) is 8.31. The molecule has 0 fully saturated rings. The van der Waals surface area contributed by atoms with Crippen molar-refractivity contribution in [3.05, 3.63) is 100 Å². The van der Waals surface area contributed by atoms with Crippen LogP contribution in [0.4, 0.5) is 11.4 Å². The number of carbonyl (C=O) groups is 1. The quantitative estimate of drug-likeness (QED) is 0.558. The third-order valence-corrected chi connectivity index (χ3v) is 5.49. The first kappa shape index (κ1) is 20.7. The van der Waals surface area contributed by atoms with E-state index in [9.17, 15) is 4.79 Å². The number of aryl methyl sites for hydroxylation is 4. The lowest BCUT2D eigenvalue weighted by Crippen LogP contribution is -2.31. The fourth-order valence-electron chi connectivity index (χ4n) is 4.27. The highest BCUT2D eigenvalue weighted by molar-refractivity contribution is 6.11. The molecule has 0 bridgehead atoms. The molecule has 158 valence electrons. The highest BCUT2D eigenvalue weighted by Gasteiger charge is 2.35. The van der Waals surface area contributed by atoms with Crippen molar-refractivity contribution in [3.8, 4) is 5.75 Å². The minimum absolute atomic E-state index is 0.0371. The fourth-order valence-corrected chi connectivity index (χ4v) is 4.27. The van der Waals surface area contributed by atoms with E-state index in [1.54, 1.807) is 7.11 Å². The number of anilines is 2. The van der Waals surface area contributed by atoms with E-state index in [1.165, 1.54) is 0 Å². The van der Waals surface area contributed by atoms with E-state index in [0.29, 0.717) is 5.70 Å². The smallest absolute Gasteiger partial charge is 0.275 e. The molecule has 1 aliphatic heterocycles. The molecule has 0 saturated carbocycles. The Bertz CT molecular complexity index is 1120. The van der Waals surface area contributed by atoms with Crippen molar-refractivity contribution in [2.24, 2.45) is 0 Å². The Morgan fingerprint density at radius 3 is 1.90 bits per heavy atom. The van der Waals surface area contributed by atoms with Gasteiger partial charge in [0.2, 0.25) is 0 Å². The molecule has 4 heteroatoms. The van der Waals surface area contributed by atoms with Crippen LogP contribution >= 0.6 is 0 Å². The van der Waals surface area contributed by atoms with Gasteiger partial charge in [0.25, 0.3) is 5.91 Å². The molecule has 0 radical (unpaired) electrons. The number of benzene rings is 3. The summed E-state index contributed by atoms with van der Waals surface area (Å²) in [5.74, 6) is 0.758. The molecule has 1 atom stereocenters. The van der Waals surface area contributed by atoms with Crippen molar-refractivity contribution in [1.82, 2.24) is 0 Å². The van der Waals surface area contributed by atoms with Gasteiger partial charge in [0, 0.05) is 11.4 Å². The van der Waals surface area contributed by atoms with Crippen molar-refractivity contribution in [1.29, 1.82) is 0 Å². The summed E-state index contributed by atoms with van der Waals surface area (Å²) < 4.78 is 5.31. The SMILES string of the molecule is COc1ccc([C@H]2C=C(Nc3cc(C)cc(C)c3)C(=O)N2c2cc(C)cc(C)c2)cc1. The molecule has 0 aromatic heterocycles. The zero-order chi connectivity index (χ0) is 22.1. The average molecular weight is 413 g/mol. The first-order valence-electron chi connectivity index (χ1n) is 10.5. The molecular weight excluding hydrogens is 384 g/mol. The van der Waals surface area contributed by atoms with Crippen LogP contribution in [-0.2, 0) is 4.79 Å². The largest absolute Gasteiger partial charge is 0.497 e. The fraction of sp³-hybridized carbons (Fsp3) is 0.222. The van der Waals surface area contributed by atoms with Crippen molar-refractivity contribution >= 4 is 17.3 Å². The lowest BCUT2D eigenvalue weighted by atomic mass is 10.0. The van der Waals surface area contributed by atoms with Crippen LogP contribution in [0.2, 0.25) is 0 Å². The van der Waals surface area contributed by atoms with Gasteiger partial charge in [0.15, 0.2) is 0 Å². The monoisotopic (exact) mass is 412 g/mol. The first-order chi connectivity index (χ1) is 14.8. The van der Waals surface area contributed by atoms with Crippen molar-refractivity contribution in [3.63, 3.8) is 0 Å². The molecule has 0 unspecified atom stereocenters. The van der Waals surface area contributed by atoms with Gasteiger partial charge in [-0.3, -0.25) is 9.69 Å². The lowest BCUT2D eigenvalue weighted by Gasteiger charge is -2.26. The molecule has 0 spiro atoms. The number of rotatable bonds is 5. The Hall–Kier alpha value is -3.53. The minimum Gasteiger partial charge on any atom is -0.497 e. The van der Waals surface area contributed by atoms with E-state index in [4.69, 9.17) is 4.74 Å². The van der Waals surface area contributed by atoms with E-state index in [0.717, 1.165) is 44.9 Å². The van der Waals surface area contributed by atoms with Crippen LogP contribution in [0, 0.1) is 27.7 Å². The van der Waals surface area contributed by atoms with Crippen LogP contribution in [-0.4, -0.2) is 13.0 Å².